The van der Waals surface area contributed by atoms with Gasteiger partial charge in [0.15, 0.2) is 5.84 Å². The standard InChI is InChI=1S/C18H17N5S/c1-12-13(2)24-18(19-12)15-8-6-7-14(11-15)17-20-22-23(21-17)16-9-4-3-5-10-16/h3-11,22H,1-2H3,(H,20,21). The Hall–Kier alpha value is -2.86. The number of thiazole rings is 1. The van der Waals surface area contributed by atoms with Crippen molar-refractivity contribution < 1.29 is 0 Å². The van der Waals surface area contributed by atoms with Crippen LogP contribution in [0, 0.1) is 13.8 Å². The highest BCUT2D eigenvalue weighted by atomic mass is 32.1. The summed E-state index contributed by atoms with van der Waals surface area (Å²) < 4.78 is 0. The molecule has 0 saturated carbocycles. The van der Waals surface area contributed by atoms with Crippen LogP contribution < -0.4 is 16.1 Å². The molecule has 0 spiro atoms. The molecule has 2 aromatic carbocycles. The van der Waals surface area contributed by atoms with Crippen LogP contribution in [-0.2, 0) is 0 Å². The highest BCUT2D eigenvalue weighted by molar-refractivity contribution is 7.15. The lowest BCUT2D eigenvalue weighted by Crippen LogP contribution is -2.41. The zero-order valence-corrected chi connectivity index (χ0v) is 14.3. The van der Waals surface area contributed by atoms with Crippen LogP contribution in [0.25, 0.3) is 10.6 Å². The van der Waals surface area contributed by atoms with E-state index >= 15 is 0 Å². The average molecular weight is 335 g/mol. The maximum Gasteiger partial charge on any atom is 0.175 e. The molecule has 2 N–H and O–H groups in total. The fourth-order valence-corrected chi connectivity index (χ4v) is 3.39. The molecule has 0 unspecified atom stereocenters. The lowest BCUT2D eigenvalue weighted by atomic mass is 10.1. The topological polar surface area (TPSA) is 52.6 Å². The monoisotopic (exact) mass is 335 g/mol. The molecule has 1 aliphatic rings. The number of hydrazine groups is 2. The maximum atomic E-state index is 4.64. The molecule has 1 aliphatic heterocycles. The van der Waals surface area contributed by atoms with Crippen molar-refractivity contribution in [1.29, 1.82) is 0 Å². The molecular formula is C18H17N5S. The summed E-state index contributed by atoms with van der Waals surface area (Å²) >= 11 is 1.72. The van der Waals surface area contributed by atoms with Crippen LogP contribution in [0.5, 0.6) is 0 Å². The van der Waals surface area contributed by atoms with Crippen LogP contribution in [0.1, 0.15) is 16.1 Å². The third kappa shape index (κ3) is 2.72. The Kier molecular flexibility index (Phi) is 3.66. The molecule has 0 saturated heterocycles. The molecule has 0 atom stereocenters. The summed E-state index contributed by atoms with van der Waals surface area (Å²) in [6.07, 6.45) is 0. The van der Waals surface area contributed by atoms with Gasteiger partial charge in [0, 0.05) is 16.0 Å². The number of benzene rings is 2. The highest BCUT2D eigenvalue weighted by Gasteiger charge is 2.17. The minimum Gasteiger partial charge on any atom is -0.259 e. The molecular weight excluding hydrogens is 318 g/mol. The van der Waals surface area contributed by atoms with Gasteiger partial charge in [-0.15, -0.1) is 16.4 Å². The van der Waals surface area contributed by atoms with Gasteiger partial charge >= 0.3 is 0 Å². The quantitative estimate of drug-likeness (QED) is 0.768. The second kappa shape index (κ2) is 5.98. The first kappa shape index (κ1) is 14.7. The number of rotatable bonds is 3. The summed E-state index contributed by atoms with van der Waals surface area (Å²) in [5.41, 5.74) is 10.5. The number of nitrogens with zero attached hydrogens (tertiary/aromatic N) is 3. The van der Waals surface area contributed by atoms with E-state index in [0.717, 1.165) is 33.4 Å². The number of amidine groups is 1. The third-order valence-electron chi connectivity index (χ3n) is 3.91. The van der Waals surface area contributed by atoms with Crippen LogP contribution in [0.4, 0.5) is 5.69 Å². The van der Waals surface area contributed by atoms with E-state index in [9.17, 15) is 0 Å². The average Bonchev–Trinajstić information content (AvgIpc) is 3.24. The summed E-state index contributed by atoms with van der Waals surface area (Å²) in [4.78, 5) is 5.90. The molecule has 6 heteroatoms. The van der Waals surface area contributed by atoms with Gasteiger partial charge in [-0.3, -0.25) is 5.43 Å². The molecule has 0 radical (unpaired) electrons. The molecule has 1 aromatic heterocycles. The number of aryl methyl sites for hydroxylation is 2. The van der Waals surface area contributed by atoms with Gasteiger partial charge in [-0.2, -0.15) is 10.7 Å². The molecule has 24 heavy (non-hydrogen) atoms. The number of hydrogen-bond acceptors (Lipinski definition) is 6. The zero-order valence-electron chi connectivity index (χ0n) is 13.4. The van der Waals surface area contributed by atoms with E-state index in [-0.39, 0.29) is 0 Å². The van der Waals surface area contributed by atoms with Crippen molar-refractivity contribution in [1.82, 2.24) is 15.9 Å². The summed E-state index contributed by atoms with van der Waals surface area (Å²) in [7, 11) is 0. The van der Waals surface area contributed by atoms with Crippen molar-refractivity contribution in [3.05, 3.63) is 70.7 Å². The van der Waals surface area contributed by atoms with Crippen LogP contribution in [0.2, 0.25) is 0 Å². The van der Waals surface area contributed by atoms with Crippen LogP contribution in [0.15, 0.2) is 59.7 Å². The van der Waals surface area contributed by atoms with Crippen molar-refractivity contribution >= 4 is 22.9 Å². The summed E-state index contributed by atoms with van der Waals surface area (Å²) in [5.74, 6) is 0.783. The maximum absolute atomic E-state index is 4.64. The van der Waals surface area contributed by atoms with E-state index in [4.69, 9.17) is 0 Å². The van der Waals surface area contributed by atoms with Gasteiger partial charge in [0.2, 0.25) is 0 Å². The van der Waals surface area contributed by atoms with Crippen LogP contribution >= 0.6 is 11.3 Å². The summed E-state index contributed by atoms with van der Waals surface area (Å²) in [6.45, 7) is 4.15. The lowest BCUT2D eigenvalue weighted by molar-refractivity contribution is 0.684. The molecule has 0 bridgehead atoms. The first-order chi connectivity index (χ1) is 11.7. The van der Waals surface area contributed by atoms with Gasteiger partial charge in [-0.25, -0.2) is 4.98 Å². The van der Waals surface area contributed by atoms with Crippen molar-refractivity contribution in [3.8, 4) is 10.6 Å². The second-order valence-corrected chi connectivity index (χ2v) is 6.79. The van der Waals surface area contributed by atoms with Gasteiger partial charge in [0.25, 0.3) is 0 Å². The van der Waals surface area contributed by atoms with E-state index in [1.165, 1.54) is 4.88 Å². The van der Waals surface area contributed by atoms with Crippen molar-refractivity contribution in [2.45, 2.75) is 13.8 Å². The normalized spacial score (nSPS) is 13.4. The Morgan fingerprint density at radius 1 is 0.958 bits per heavy atom. The summed E-state index contributed by atoms with van der Waals surface area (Å²) in [5, 5.41) is 7.22. The first-order valence-electron chi connectivity index (χ1n) is 7.71. The zero-order chi connectivity index (χ0) is 16.5. The summed E-state index contributed by atoms with van der Waals surface area (Å²) in [6, 6.07) is 18.3. The fourth-order valence-electron chi connectivity index (χ4n) is 2.48. The third-order valence-corrected chi connectivity index (χ3v) is 5.03. The van der Waals surface area contributed by atoms with Gasteiger partial charge in [0.05, 0.1) is 11.4 Å². The first-order valence-corrected chi connectivity index (χ1v) is 8.52. The molecule has 3 aromatic rings. The largest absolute Gasteiger partial charge is 0.259 e. The van der Waals surface area contributed by atoms with Crippen molar-refractivity contribution in [3.63, 3.8) is 0 Å². The minimum atomic E-state index is 0.783. The second-order valence-electron chi connectivity index (χ2n) is 5.58. The number of para-hydroxylation sites is 1. The van der Waals surface area contributed by atoms with Crippen LogP contribution in [0.3, 0.4) is 0 Å². The molecule has 0 aliphatic carbocycles. The number of aromatic nitrogens is 1. The Labute approximate surface area is 144 Å². The molecule has 0 amide bonds. The Bertz CT molecular complexity index is 881. The van der Waals surface area contributed by atoms with Gasteiger partial charge < -0.3 is 0 Å². The number of hydrazone groups is 1. The van der Waals surface area contributed by atoms with E-state index in [1.807, 2.05) is 49.4 Å². The number of nitrogens with one attached hydrogen (secondary N) is 2. The SMILES string of the molecule is Cc1nc(-c2cccc(C3=NNN(c4ccccc4)N3)c2)sc1C. The van der Waals surface area contributed by atoms with E-state index in [0.29, 0.717) is 0 Å². The fraction of sp³-hybridized carbons (Fsp3) is 0.111. The van der Waals surface area contributed by atoms with E-state index in [1.54, 1.807) is 16.5 Å². The Morgan fingerprint density at radius 3 is 2.50 bits per heavy atom. The van der Waals surface area contributed by atoms with E-state index in [2.05, 4.69) is 40.1 Å². The van der Waals surface area contributed by atoms with Gasteiger partial charge in [-0.1, -0.05) is 36.4 Å². The van der Waals surface area contributed by atoms with Gasteiger partial charge in [-0.05, 0) is 32.0 Å². The Morgan fingerprint density at radius 2 is 1.75 bits per heavy atom. The van der Waals surface area contributed by atoms with Crippen molar-refractivity contribution in [2.24, 2.45) is 5.10 Å². The number of hydrogen-bond donors (Lipinski definition) is 2. The Balaban J connectivity index is 1.58. The molecule has 5 nitrogen and oxygen atoms in total. The lowest BCUT2D eigenvalue weighted by Gasteiger charge is -2.17. The van der Waals surface area contributed by atoms with Crippen molar-refractivity contribution in [2.75, 3.05) is 5.12 Å². The molecule has 0 fully saturated rings. The van der Waals surface area contributed by atoms with Gasteiger partial charge in [0.1, 0.15) is 5.01 Å². The smallest absolute Gasteiger partial charge is 0.175 e. The highest BCUT2D eigenvalue weighted by Crippen LogP contribution is 2.28. The predicted octanol–water partition coefficient (Wildman–Crippen LogP) is 3.62. The number of anilines is 1. The van der Waals surface area contributed by atoms with E-state index < -0.39 is 0 Å². The minimum absolute atomic E-state index is 0.783. The molecule has 120 valence electrons. The van der Waals surface area contributed by atoms with Crippen LogP contribution in [-0.4, -0.2) is 10.8 Å². The predicted molar refractivity (Wildman–Crippen MR) is 98.8 cm³/mol. The molecule has 4 rings (SSSR count). The molecule has 2 heterocycles.